The number of hydrogen-bond acceptors (Lipinski definition) is 6. The first kappa shape index (κ1) is 17.4. The largest absolute Gasteiger partial charge is 0.496 e. The van der Waals surface area contributed by atoms with Gasteiger partial charge in [-0.15, -0.1) is 0 Å². The number of fused-ring (bicyclic) bond motifs is 1. The van der Waals surface area contributed by atoms with E-state index < -0.39 is 11.9 Å². The molecular formula is C20H15NO5. The van der Waals surface area contributed by atoms with Crippen molar-refractivity contribution in [2.45, 2.75) is 6.42 Å². The molecule has 0 fully saturated rings. The van der Waals surface area contributed by atoms with E-state index in [1.165, 1.54) is 44.6 Å². The van der Waals surface area contributed by atoms with Crippen LogP contribution in [0.25, 0.3) is 0 Å². The molecule has 0 saturated carbocycles. The molecule has 0 bridgehead atoms. The maximum Gasteiger partial charge on any atom is 0.341 e. The predicted molar refractivity (Wildman–Crippen MR) is 91.3 cm³/mol. The van der Waals surface area contributed by atoms with Crippen LogP contribution < -0.4 is 4.74 Å². The van der Waals surface area contributed by atoms with E-state index in [-0.39, 0.29) is 29.3 Å². The number of Topliss-reactive ketones (excluding diaryl/α,β-unsaturated/α-hetero) is 2. The first-order chi connectivity index (χ1) is 12.5. The van der Waals surface area contributed by atoms with Crippen LogP contribution in [-0.4, -0.2) is 31.8 Å². The highest BCUT2D eigenvalue weighted by molar-refractivity contribution is 6.19. The number of esters is 1. The molecule has 0 saturated heterocycles. The number of carbonyl (C=O) groups is 3. The topological polar surface area (TPSA) is 93.5 Å². The lowest BCUT2D eigenvalue weighted by Crippen LogP contribution is -2.20. The molecule has 2 aromatic carbocycles. The predicted octanol–water partition coefficient (Wildman–Crippen LogP) is 2.59. The van der Waals surface area contributed by atoms with E-state index in [0.717, 1.165) is 0 Å². The van der Waals surface area contributed by atoms with Gasteiger partial charge < -0.3 is 9.47 Å². The van der Waals surface area contributed by atoms with E-state index in [1.807, 2.05) is 6.07 Å². The zero-order valence-electron chi connectivity index (χ0n) is 14.2. The van der Waals surface area contributed by atoms with Gasteiger partial charge in [0.05, 0.1) is 31.8 Å². The zero-order chi connectivity index (χ0) is 18.8. The Hall–Kier alpha value is -3.46. The highest BCUT2D eigenvalue weighted by Crippen LogP contribution is 2.34. The molecule has 0 aromatic heterocycles. The molecule has 130 valence electrons. The van der Waals surface area contributed by atoms with Gasteiger partial charge in [-0.1, -0.05) is 12.1 Å². The van der Waals surface area contributed by atoms with Crippen molar-refractivity contribution in [1.29, 1.82) is 5.26 Å². The Morgan fingerprint density at radius 3 is 2.42 bits per heavy atom. The number of ketones is 2. The minimum Gasteiger partial charge on any atom is -0.496 e. The summed E-state index contributed by atoms with van der Waals surface area (Å²) >= 11 is 0. The van der Waals surface area contributed by atoms with Crippen LogP contribution in [0.4, 0.5) is 0 Å². The van der Waals surface area contributed by atoms with Gasteiger partial charge in [0.1, 0.15) is 11.3 Å². The van der Waals surface area contributed by atoms with Gasteiger partial charge in [0.2, 0.25) is 0 Å². The summed E-state index contributed by atoms with van der Waals surface area (Å²) in [6.07, 6.45) is 0.209. The Morgan fingerprint density at radius 2 is 1.85 bits per heavy atom. The van der Waals surface area contributed by atoms with Gasteiger partial charge in [0.25, 0.3) is 0 Å². The molecule has 1 aliphatic carbocycles. The van der Waals surface area contributed by atoms with Crippen LogP contribution >= 0.6 is 0 Å². The third-order valence-electron chi connectivity index (χ3n) is 4.45. The third-order valence-corrected chi connectivity index (χ3v) is 4.45. The number of methoxy groups -OCH3 is 2. The fraction of sp³-hybridized carbons (Fsp3) is 0.200. The third kappa shape index (κ3) is 2.84. The Kier molecular flexibility index (Phi) is 4.55. The lowest BCUT2D eigenvalue weighted by molar-refractivity contribution is 0.0596. The van der Waals surface area contributed by atoms with E-state index in [0.29, 0.717) is 22.3 Å². The van der Waals surface area contributed by atoms with Crippen molar-refractivity contribution in [1.82, 2.24) is 0 Å². The lowest BCUT2D eigenvalue weighted by Gasteiger charge is -2.08. The number of ether oxygens (including phenoxy) is 2. The number of nitriles is 1. The zero-order valence-corrected chi connectivity index (χ0v) is 14.2. The summed E-state index contributed by atoms with van der Waals surface area (Å²) in [4.78, 5) is 37.3. The summed E-state index contributed by atoms with van der Waals surface area (Å²) < 4.78 is 9.91. The molecule has 6 nitrogen and oxygen atoms in total. The van der Waals surface area contributed by atoms with Crippen LogP contribution in [0, 0.1) is 17.2 Å². The van der Waals surface area contributed by atoms with Gasteiger partial charge in [0, 0.05) is 11.1 Å². The summed E-state index contributed by atoms with van der Waals surface area (Å²) in [5, 5.41) is 8.84. The minimum atomic E-state index is -0.851. The molecular weight excluding hydrogens is 334 g/mol. The summed E-state index contributed by atoms with van der Waals surface area (Å²) in [5.41, 5.74) is 2.02. The van der Waals surface area contributed by atoms with E-state index in [2.05, 4.69) is 0 Å². The van der Waals surface area contributed by atoms with Crippen molar-refractivity contribution in [2.24, 2.45) is 5.92 Å². The molecule has 0 heterocycles. The van der Waals surface area contributed by atoms with Crippen molar-refractivity contribution in [3.63, 3.8) is 0 Å². The molecule has 0 radical (unpaired) electrons. The average Bonchev–Trinajstić information content (AvgIpc) is 3.01. The molecule has 6 heteroatoms. The van der Waals surface area contributed by atoms with Crippen molar-refractivity contribution in [3.05, 3.63) is 64.2 Å². The fourth-order valence-corrected chi connectivity index (χ4v) is 3.08. The average molecular weight is 349 g/mol. The molecule has 1 aliphatic rings. The second-order valence-corrected chi connectivity index (χ2v) is 5.88. The van der Waals surface area contributed by atoms with Crippen LogP contribution in [0.15, 0.2) is 36.4 Å². The van der Waals surface area contributed by atoms with Crippen molar-refractivity contribution >= 4 is 17.5 Å². The summed E-state index contributed by atoms with van der Waals surface area (Å²) in [7, 11) is 2.66. The first-order valence-electron chi connectivity index (χ1n) is 7.88. The van der Waals surface area contributed by atoms with Crippen LogP contribution in [0.1, 0.15) is 42.2 Å². The summed E-state index contributed by atoms with van der Waals surface area (Å²) in [6.45, 7) is 0. The highest BCUT2D eigenvalue weighted by Gasteiger charge is 2.37. The van der Waals surface area contributed by atoms with Gasteiger partial charge in [-0.05, 0) is 36.2 Å². The standard InChI is InChI=1S/C20H15NO5/c1-25-17-9-14-13(7-15(17)20(24)26-2)8-16(19(14)23)18(22)12-5-3-11(10-21)4-6-12/h3-7,9,16H,8H2,1-2H3. The van der Waals surface area contributed by atoms with E-state index in [1.54, 1.807) is 6.07 Å². The molecule has 1 unspecified atom stereocenters. The molecule has 3 rings (SSSR count). The molecule has 0 N–H and O–H groups in total. The maximum atomic E-state index is 12.7. The van der Waals surface area contributed by atoms with Gasteiger partial charge >= 0.3 is 5.97 Å². The SMILES string of the molecule is COC(=O)c1cc2c(cc1OC)C(=O)C(C(=O)c1ccc(C#N)cc1)C2. The molecule has 0 spiro atoms. The summed E-state index contributed by atoms with van der Waals surface area (Å²) in [5.74, 6) is -1.80. The number of rotatable bonds is 4. The maximum absolute atomic E-state index is 12.7. The number of benzene rings is 2. The molecule has 0 aliphatic heterocycles. The van der Waals surface area contributed by atoms with Crippen molar-refractivity contribution in [3.8, 4) is 11.8 Å². The smallest absolute Gasteiger partial charge is 0.341 e. The van der Waals surface area contributed by atoms with Crippen molar-refractivity contribution in [2.75, 3.05) is 14.2 Å². The quantitative estimate of drug-likeness (QED) is 0.478. The van der Waals surface area contributed by atoms with Crippen LogP contribution in [0.5, 0.6) is 5.75 Å². The number of carbonyl (C=O) groups excluding carboxylic acids is 3. The van der Waals surface area contributed by atoms with E-state index in [9.17, 15) is 14.4 Å². The van der Waals surface area contributed by atoms with Gasteiger partial charge in [0.15, 0.2) is 11.6 Å². The Balaban J connectivity index is 1.95. The van der Waals surface area contributed by atoms with Gasteiger partial charge in [-0.25, -0.2) is 4.79 Å². The normalized spacial score (nSPS) is 15.1. The molecule has 1 atom stereocenters. The highest BCUT2D eigenvalue weighted by atomic mass is 16.5. The second-order valence-electron chi connectivity index (χ2n) is 5.88. The minimum absolute atomic E-state index is 0.209. The first-order valence-corrected chi connectivity index (χ1v) is 7.88. The van der Waals surface area contributed by atoms with Crippen LogP contribution in [-0.2, 0) is 11.2 Å². The Morgan fingerprint density at radius 1 is 1.15 bits per heavy atom. The van der Waals surface area contributed by atoms with Gasteiger partial charge in [-0.2, -0.15) is 5.26 Å². The van der Waals surface area contributed by atoms with Crippen LogP contribution in [0.2, 0.25) is 0 Å². The Labute approximate surface area is 150 Å². The lowest BCUT2D eigenvalue weighted by atomic mass is 9.94. The Bertz CT molecular complexity index is 953. The second kappa shape index (κ2) is 6.81. The summed E-state index contributed by atoms with van der Waals surface area (Å²) in [6, 6.07) is 11.2. The van der Waals surface area contributed by atoms with Crippen molar-refractivity contribution < 1.29 is 23.9 Å². The molecule has 0 amide bonds. The molecule has 26 heavy (non-hydrogen) atoms. The fourth-order valence-electron chi connectivity index (χ4n) is 3.08. The van der Waals surface area contributed by atoms with Gasteiger partial charge in [-0.3, -0.25) is 9.59 Å². The monoisotopic (exact) mass is 349 g/mol. The van der Waals surface area contributed by atoms with E-state index >= 15 is 0 Å². The number of hydrogen-bond donors (Lipinski definition) is 0. The number of nitrogens with zero attached hydrogens (tertiary/aromatic N) is 1. The van der Waals surface area contributed by atoms with E-state index in [4.69, 9.17) is 14.7 Å². The molecule has 2 aromatic rings. The van der Waals surface area contributed by atoms with Crippen LogP contribution in [0.3, 0.4) is 0 Å².